The van der Waals surface area contributed by atoms with Crippen LogP contribution >= 0.6 is 0 Å². The maximum absolute atomic E-state index is 5.16. The summed E-state index contributed by atoms with van der Waals surface area (Å²) < 4.78 is 5.16. The Hall–Kier alpha value is -1.22. The Morgan fingerprint density at radius 2 is 2.50 bits per heavy atom. The van der Waals surface area contributed by atoms with E-state index in [0.717, 1.165) is 5.76 Å². The number of hydrazine groups is 1. The van der Waals surface area contributed by atoms with Gasteiger partial charge < -0.3 is 9.84 Å². The molecule has 0 bridgehead atoms. The summed E-state index contributed by atoms with van der Waals surface area (Å²) in [4.78, 5) is 0. The van der Waals surface area contributed by atoms with E-state index in [1.165, 1.54) is 0 Å². The lowest BCUT2D eigenvalue weighted by atomic mass is 10.2. The van der Waals surface area contributed by atoms with Gasteiger partial charge in [-0.1, -0.05) is 0 Å². The summed E-state index contributed by atoms with van der Waals surface area (Å²) in [5.41, 5.74) is 5.87. The van der Waals surface area contributed by atoms with Gasteiger partial charge in [0.25, 0.3) is 0 Å². The summed E-state index contributed by atoms with van der Waals surface area (Å²) in [7, 11) is 0. The number of nitrogens with one attached hydrogen (secondary N) is 2. The smallest absolute Gasteiger partial charge is 0.126 e. The SMILES string of the molecule is C1=CC(c2ccco2)NN1. The van der Waals surface area contributed by atoms with Crippen molar-refractivity contribution in [3.8, 4) is 0 Å². The highest BCUT2D eigenvalue weighted by molar-refractivity contribution is 5.13. The second-order valence-corrected chi connectivity index (χ2v) is 2.14. The summed E-state index contributed by atoms with van der Waals surface area (Å²) in [6.07, 6.45) is 5.52. The highest BCUT2D eigenvalue weighted by Gasteiger charge is 2.11. The summed E-state index contributed by atoms with van der Waals surface area (Å²) in [5, 5.41) is 0. The zero-order valence-electron chi connectivity index (χ0n) is 5.37. The van der Waals surface area contributed by atoms with Gasteiger partial charge >= 0.3 is 0 Å². The first-order valence-corrected chi connectivity index (χ1v) is 3.18. The van der Waals surface area contributed by atoms with Gasteiger partial charge in [0.1, 0.15) is 11.8 Å². The first-order valence-electron chi connectivity index (χ1n) is 3.18. The molecule has 1 aromatic heterocycles. The third kappa shape index (κ3) is 0.804. The van der Waals surface area contributed by atoms with E-state index in [0.29, 0.717) is 0 Å². The molecule has 1 unspecified atom stereocenters. The first-order chi connectivity index (χ1) is 4.97. The van der Waals surface area contributed by atoms with Crippen molar-refractivity contribution in [2.45, 2.75) is 6.04 Å². The molecule has 0 fully saturated rings. The van der Waals surface area contributed by atoms with Gasteiger partial charge in [-0.25, -0.2) is 5.43 Å². The molecule has 2 rings (SSSR count). The van der Waals surface area contributed by atoms with Gasteiger partial charge in [-0.3, -0.25) is 0 Å². The summed E-state index contributed by atoms with van der Waals surface area (Å²) in [6, 6.07) is 4.01. The lowest BCUT2D eigenvalue weighted by Gasteiger charge is -2.03. The molecule has 1 aliphatic heterocycles. The van der Waals surface area contributed by atoms with Gasteiger partial charge in [-0.2, -0.15) is 0 Å². The molecule has 0 aliphatic carbocycles. The molecular formula is C7H8N2O. The van der Waals surface area contributed by atoms with Gasteiger partial charge in [0.15, 0.2) is 0 Å². The van der Waals surface area contributed by atoms with Crippen molar-refractivity contribution in [2.24, 2.45) is 0 Å². The molecule has 2 N–H and O–H groups in total. The molecule has 0 saturated carbocycles. The maximum atomic E-state index is 5.16. The molecule has 3 heteroatoms. The van der Waals surface area contributed by atoms with E-state index in [2.05, 4.69) is 10.9 Å². The van der Waals surface area contributed by atoms with Crippen LogP contribution in [-0.4, -0.2) is 0 Å². The maximum Gasteiger partial charge on any atom is 0.126 e. The Morgan fingerprint density at radius 1 is 1.50 bits per heavy atom. The van der Waals surface area contributed by atoms with Gasteiger partial charge in [0.05, 0.1) is 6.26 Å². The predicted molar refractivity (Wildman–Crippen MR) is 36.9 cm³/mol. The zero-order valence-corrected chi connectivity index (χ0v) is 5.37. The standard InChI is InChI=1S/C7H8N2O/c1-2-7(10-5-1)6-3-4-8-9-6/h1-6,8-9H. The van der Waals surface area contributed by atoms with Crippen molar-refractivity contribution in [1.29, 1.82) is 0 Å². The second kappa shape index (κ2) is 2.19. The molecule has 0 aromatic carbocycles. The predicted octanol–water partition coefficient (Wildman–Crippen LogP) is 0.942. The minimum atomic E-state index is 0.190. The van der Waals surface area contributed by atoms with E-state index in [1.807, 2.05) is 24.4 Å². The first kappa shape index (κ1) is 5.56. The summed E-state index contributed by atoms with van der Waals surface area (Å²) >= 11 is 0. The largest absolute Gasteiger partial charge is 0.467 e. The molecule has 2 heterocycles. The van der Waals surface area contributed by atoms with E-state index in [9.17, 15) is 0 Å². The molecule has 3 nitrogen and oxygen atoms in total. The lowest BCUT2D eigenvalue weighted by Crippen LogP contribution is -2.23. The van der Waals surface area contributed by atoms with Crippen molar-refractivity contribution in [3.05, 3.63) is 36.4 Å². The van der Waals surface area contributed by atoms with Crippen molar-refractivity contribution in [3.63, 3.8) is 0 Å². The number of rotatable bonds is 1. The van der Waals surface area contributed by atoms with Crippen LogP contribution in [0.3, 0.4) is 0 Å². The van der Waals surface area contributed by atoms with Crippen molar-refractivity contribution in [2.75, 3.05) is 0 Å². The highest BCUT2D eigenvalue weighted by Crippen LogP contribution is 2.15. The van der Waals surface area contributed by atoms with Gasteiger partial charge in [0, 0.05) is 6.20 Å². The minimum Gasteiger partial charge on any atom is -0.467 e. The Bertz CT molecular complexity index is 228. The second-order valence-electron chi connectivity index (χ2n) is 2.14. The van der Waals surface area contributed by atoms with Crippen LogP contribution in [-0.2, 0) is 0 Å². The molecular weight excluding hydrogens is 128 g/mol. The van der Waals surface area contributed by atoms with Gasteiger partial charge in [-0.05, 0) is 18.2 Å². The quantitative estimate of drug-likeness (QED) is 0.603. The molecule has 0 spiro atoms. The van der Waals surface area contributed by atoms with Crippen LogP contribution in [0.4, 0.5) is 0 Å². The molecule has 0 saturated heterocycles. The Morgan fingerprint density at radius 3 is 3.10 bits per heavy atom. The van der Waals surface area contributed by atoms with Crippen LogP contribution < -0.4 is 10.9 Å². The van der Waals surface area contributed by atoms with E-state index in [1.54, 1.807) is 6.26 Å². The van der Waals surface area contributed by atoms with E-state index in [-0.39, 0.29) is 6.04 Å². The van der Waals surface area contributed by atoms with E-state index < -0.39 is 0 Å². The normalized spacial score (nSPS) is 23.0. The molecule has 0 radical (unpaired) electrons. The van der Waals surface area contributed by atoms with Crippen LogP contribution in [0.15, 0.2) is 35.1 Å². The number of furan rings is 1. The average molecular weight is 136 g/mol. The fourth-order valence-electron chi connectivity index (χ4n) is 0.965. The van der Waals surface area contributed by atoms with Crippen molar-refractivity contribution in [1.82, 2.24) is 10.9 Å². The average Bonchev–Trinajstić information content (AvgIpc) is 2.59. The van der Waals surface area contributed by atoms with Gasteiger partial charge in [0.2, 0.25) is 0 Å². The van der Waals surface area contributed by atoms with E-state index in [4.69, 9.17) is 4.42 Å². The fraction of sp³-hybridized carbons (Fsp3) is 0.143. The van der Waals surface area contributed by atoms with Crippen LogP contribution in [0.25, 0.3) is 0 Å². The molecule has 0 amide bonds. The lowest BCUT2D eigenvalue weighted by molar-refractivity contribution is 0.453. The van der Waals surface area contributed by atoms with Crippen LogP contribution in [0.2, 0.25) is 0 Å². The monoisotopic (exact) mass is 136 g/mol. The summed E-state index contributed by atoms with van der Waals surface area (Å²) in [5.74, 6) is 0.932. The van der Waals surface area contributed by atoms with E-state index >= 15 is 0 Å². The Balaban J connectivity index is 2.20. The Labute approximate surface area is 58.7 Å². The van der Waals surface area contributed by atoms with Crippen molar-refractivity contribution < 1.29 is 4.42 Å². The molecule has 1 atom stereocenters. The fourth-order valence-corrected chi connectivity index (χ4v) is 0.965. The molecule has 1 aliphatic rings. The summed E-state index contributed by atoms with van der Waals surface area (Å²) in [6.45, 7) is 0. The number of hydrogen-bond donors (Lipinski definition) is 2. The van der Waals surface area contributed by atoms with Crippen LogP contribution in [0, 0.1) is 0 Å². The topological polar surface area (TPSA) is 37.2 Å². The minimum absolute atomic E-state index is 0.190. The van der Waals surface area contributed by atoms with Gasteiger partial charge in [-0.15, -0.1) is 0 Å². The zero-order chi connectivity index (χ0) is 6.81. The third-order valence-corrected chi connectivity index (χ3v) is 1.46. The highest BCUT2D eigenvalue weighted by atomic mass is 16.3. The van der Waals surface area contributed by atoms with Crippen molar-refractivity contribution >= 4 is 0 Å². The van der Waals surface area contributed by atoms with Crippen LogP contribution in [0.1, 0.15) is 11.8 Å². The third-order valence-electron chi connectivity index (χ3n) is 1.46. The molecule has 1 aromatic rings. The Kier molecular flexibility index (Phi) is 1.22. The number of hydrogen-bond acceptors (Lipinski definition) is 3. The molecule has 52 valence electrons. The van der Waals surface area contributed by atoms with Crippen LogP contribution in [0.5, 0.6) is 0 Å². The molecule has 10 heavy (non-hydrogen) atoms.